The molecule has 3 N–H and O–H groups in total. The minimum atomic E-state index is -1.11. The zero-order valence-corrected chi connectivity index (χ0v) is 20.1. The van der Waals surface area contributed by atoms with E-state index < -0.39 is 47.3 Å². The van der Waals surface area contributed by atoms with Crippen molar-refractivity contribution in [3.05, 3.63) is 53.7 Å². The van der Waals surface area contributed by atoms with Crippen molar-refractivity contribution in [3.8, 4) is 0 Å². The van der Waals surface area contributed by atoms with Crippen molar-refractivity contribution in [1.82, 2.24) is 15.6 Å². The van der Waals surface area contributed by atoms with Gasteiger partial charge in [-0.25, -0.2) is 13.8 Å². The molecule has 2 aromatic rings. The van der Waals surface area contributed by atoms with Gasteiger partial charge in [-0.3, -0.25) is 19.3 Å². The molecule has 0 spiro atoms. The highest BCUT2D eigenvalue weighted by atomic mass is 19.1. The zero-order valence-electron chi connectivity index (χ0n) is 20.1. The Labute approximate surface area is 207 Å². The second-order valence-electron chi connectivity index (χ2n) is 8.95. The zero-order chi connectivity index (χ0) is 25.8. The summed E-state index contributed by atoms with van der Waals surface area (Å²) in [5, 5.41) is 8.00. The Balaban J connectivity index is 1.67. The van der Waals surface area contributed by atoms with E-state index in [2.05, 4.69) is 20.9 Å². The number of likely N-dealkylation sites (N-methyl/N-ethyl adjacent to an activating group) is 1. The molecule has 1 saturated heterocycles. The number of benzene rings is 1. The van der Waals surface area contributed by atoms with Gasteiger partial charge in [0.05, 0.1) is 6.04 Å². The van der Waals surface area contributed by atoms with Gasteiger partial charge in [0.1, 0.15) is 35.2 Å². The number of amides is 3. The van der Waals surface area contributed by atoms with Crippen LogP contribution in [0.5, 0.6) is 0 Å². The van der Waals surface area contributed by atoms with Gasteiger partial charge in [-0.2, -0.15) is 0 Å². The lowest BCUT2D eigenvalue weighted by atomic mass is 9.90. The smallest absolute Gasteiger partial charge is 0.251 e. The number of para-hydroxylation sites is 1. The first-order valence-corrected chi connectivity index (χ1v) is 11.9. The van der Waals surface area contributed by atoms with Gasteiger partial charge in [-0.15, -0.1) is 0 Å². The first-order valence-electron chi connectivity index (χ1n) is 11.9. The molecule has 3 atom stereocenters. The summed E-state index contributed by atoms with van der Waals surface area (Å²) in [6.45, 7) is 2.56. The molecule has 0 saturated carbocycles. The summed E-state index contributed by atoms with van der Waals surface area (Å²) < 4.78 is 33.9. The van der Waals surface area contributed by atoms with Crippen molar-refractivity contribution in [2.24, 2.45) is 5.92 Å². The number of rotatable bonds is 7. The molecule has 1 fully saturated rings. The van der Waals surface area contributed by atoms with Gasteiger partial charge in [-0.1, -0.05) is 12.1 Å². The van der Waals surface area contributed by atoms with Crippen LogP contribution in [-0.2, 0) is 25.5 Å². The molecular formula is C25H29F2N5O4. The maximum atomic E-state index is 14.2. The summed E-state index contributed by atoms with van der Waals surface area (Å²) in [5.41, 5.74) is 0.0524. The number of ether oxygens (including phenoxy) is 1. The van der Waals surface area contributed by atoms with Crippen molar-refractivity contribution in [3.63, 3.8) is 0 Å². The largest absolute Gasteiger partial charge is 0.381 e. The SMILES string of the molecule is CN[C@@H](C)C(=O)N[C@H](C(=O)N1c2ncccc2CC1C(=O)Nc1c(F)cccc1F)C1CCOCC1. The Morgan fingerprint density at radius 2 is 1.81 bits per heavy atom. The fourth-order valence-corrected chi connectivity index (χ4v) is 4.53. The van der Waals surface area contributed by atoms with E-state index >= 15 is 0 Å². The Morgan fingerprint density at radius 1 is 1.11 bits per heavy atom. The highest BCUT2D eigenvalue weighted by molar-refractivity contribution is 6.09. The van der Waals surface area contributed by atoms with Crippen LogP contribution in [0.3, 0.4) is 0 Å². The first kappa shape index (κ1) is 25.6. The molecule has 36 heavy (non-hydrogen) atoms. The quantitative estimate of drug-likeness (QED) is 0.533. The van der Waals surface area contributed by atoms with E-state index in [1.54, 1.807) is 26.1 Å². The third-order valence-corrected chi connectivity index (χ3v) is 6.70. The predicted molar refractivity (Wildman–Crippen MR) is 128 cm³/mol. The highest BCUT2D eigenvalue weighted by Crippen LogP contribution is 2.33. The topological polar surface area (TPSA) is 113 Å². The summed E-state index contributed by atoms with van der Waals surface area (Å²) in [6, 6.07) is 4.09. The van der Waals surface area contributed by atoms with Crippen LogP contribution in [-0.4, -0.2) is 61.1 Å². The van der Waals surface area contributed by atoms with Crippen LogP contribution >= 0.6 is 0 Å². The number of anilines is 2. The van der Waals surface area contributed by atoms with Crippen LogP contribution in [0.1, 0.15) is 25.3 Å². The number of aromatic nitrogens is 1. The monoisotopic (exact) mass is 501 g/mol. The molecule has 9 nitrogen and oxygen atoms in total. The molecule has 2 aliphatic rings. The molecule has 3 amide bonds. The number of carbonyl (C=O) groups excluding carboxylic acids is 3. The number of nitrogens with zero attached hydrogens (tertiary/aromatic N) is 2. The molecule has 11 heteroatoms. The van der Waals surface area contributed by atoms with Crippen molar-refractivity contribution in [2.45, 2.75) is 44.3 Å². The second-order valence-corrected chi connectivity index (χ2v) is 8.95. The molecule has 192 valence electrons. The molecule has 4 rings (SSSR count). The Kier molecular flexibility index (Phi) is 7.90. The van der Waals surface area contributed by atoms with Crippen molar-refractivity contribution < 1.29 is 27.9 Å². The molecule has 3 heterocycles. The maximum Gasteiger partial charge on any atom is 0.251 e. The molecular weight excluding hydrogens is 472 g/mol. The lowest BCUT2D eigenvalue weighted by Crippen LogP contribution is -2.59. The van der Waals surface area contributed by atoms with Gasteiger partial charge >= 0.3 is 0 Å². The molecule has 1 aromatic heterocycles. The average Bonchev–Trinajstić information content (AvgIpc) is 3.28. The molecule has 1 unspecified atom stereocenters. The van der Waals surface area contributed by atoms with Gasteiger partial charge < -0.3 is 20.7 Å². The molecule has 0 bridgehead atoms. The standard InChI is InChI=1S/C25H29F2N5O4/c1-14(28-2)23(33)30-20(15-8-11-36-12-9-15)25(35)32-19(13-16-5-4-10-29-22(16)32)24(34)31-21-17(26)6-3-7-18(21)27/h3-7,10,14-15,19-20,28H,8-9,11-13H2,1-2H3,(H,30,33)(H,31,34)/t14-,19?,20-/m0/s1. The first-order chi connectivity index (χ1) is 17.3. The van der Waals surface area contributed by atoms with E-state index in [0.29, 0.717) is 31.6 Å². The summed E-state index contributed by atoms with van der Waals surface area (Å²) in [4.78, 5) is 45.7. The van der Waals surface area contributed by atoms with Gasteiger partial charge in [-0.05, 0) is 56.5 Å². The fraction of sp³-hybridized carbons (Fsp3) is 0.440. The minimum absolute atomic E-state index is 0.109. The Hall–Kier alpha value is -3.44. The van der Waals surface area contributed by atoms with Crippen LogP contribution < -0.4 is 20.9 Å². The van der Waals surface area contributed by atoms with Gasteiger partial charge in [0.15, 0.2) is 0 Å². The van der Waals surface area contributed by atoms with Gasteiger partial charge in [0, 0.05) is 25.8 Å². The highest BCUT2D eigenvalue weighted by Gasteiger charge is 2.44. The minimum Gasteiger partial charge on any atom is -0.381 e. The van der Waals surface area contributed by atoms with E-state index in [1.807, 2.05) is 0 Å². The van der Waals surface area contributed by atoms with E-state index in [0.717, 1.165) is 12.1 Å². The third kappa shape index (κ3) is 5.21. The Morgan fingerprint density at radius 3 is 2.47 bits per heavy atom. The lowest BCUT2D eigenvalue weighted by molar-refractivity contribution is -0.131. The third-order valence-electron chi connectivity index (χ3n) is 6.70. The number of pyridine rings is 1. The van der Waals surface area contributed by atoms with Crippen molar-refractivity contribution in [2.75, 3.05) is 30.5 Å². The number of carbonyl (C=O) groups is 3. The van der Waals surface area contributed by atoms with E-state index in [4.69, 9.17) is 4.74 Å². The summed E-state index contributed by atoms with van der Waals surface area (Å²) >= 11 is 0. The number of hydrogen-bond acceptors (Lipinski definition) is 6. The predicted octanol–water partition coefficient (Wildman–Crippen LogP) is 1.78. The number of hydrogen-bond donors (Lipinski definition) is 3. The van der Waals surface area contributed by atoms with E-state index in [-0.39, 0.29) is 24.1 Å². The van der Waals surface area contributed by atoms with Gasteiger partial charge in [0.2, 0.25) is 11.8 Å². The van der Waals surface area contributed by atoms with Crippen LogP contribution in [0, 0.1) is 17.6 Å². The van der Waals surface area contributed by atoms with Gasteiger partial charge in [0.25, 0.3) is 5.91 Å². The molecule has 2 aliphatic heterocycles. The maximum absolute atomic E-state index is 14.2. The number of nitrogens with one attached hydrogen (secondary N) is 3. The summed E-state index contributed by atoms with van der Waals surface area (Å²) in [7, 11) is 1.64. The Bertz CT molecular complexity index is 1120. The van der Waals surface area contributed by atoms with E-state index in [9.17, 15) is 23.2 Å². The molecule has 1 aromatic carbocycles. The fourth-order valence-electron chi connectivity index (χ4n) is 4.53. The molecule has 0 aliphatic carbocycles. The van der Waals surface area contributed by atoms with Crippen LogP contribution in [0.25, 0.3) is 0 Å². The average molecular weight is 502 g/mol. The van der Waals surface area contributed by atoms with Crippen LogP contribution in [0.2, 0.25) is 0 Å². The number of halogens is 2. The normalized spacial score (nSPS) is 19.3. The summed E-state index contributed by atoms with van der Waals surface area (Å²) in [6.07, 6.45) is 2.70. The second kappa shape index (κ2) is 11.1. The van der Waals surface area contributed by atoms with Crippen LogP contribution in [0.15, 0.2) is 36.5 Å². The van der Waals surface area contributed by atoms with E-state index in [1.165, 1.54) is 17.2 Å². The summed E-state index contributed by atoms with van der Waals surface area (Å²) in [5.74, 6) is -3.43. The lowest BCUT2D eigenvalue weighted by Gasteiger charge is -2.35. The van der Waals surface area contributed by atoms with Crippen molar-refractivity contribution in [1.29, 1.82) is 0 Å². The van der Waals surface area contributed by atoms with Crippen molar-refractivity contribution >= 4 is 29.2 Å². The number of fused-ring (bicyclic) bond motifs is 1. The van der Waals surface area contributed by atoms with Crippen LogP contribution in [0.4, 0.5) is 20.3 Å². The molecule has 0 radical (unpaired) electrons.